The molecule has 0 aromatic heterocycles. The maximum absolute atomic E-state index is 11.6. The second-order valence-corrected chi connectivity index (χ2v) is 10.5. The molecule has 0 spiro atoms. The minimum atomic E-state index is -3.72. The zero-order valence-electron chi connectivity index (χ0n) is 18.3. The van der Waals surface area contributed by atoms with Gasteiger partial charge < -0.3 is 4.74 Å². The maximum atomic E-state index is 11.6. The third kappa shape index (κ3) is 3.20. The third-order valence-electron chi connectivity index (χ3n) is 6.86. The Balaban J connectivity index is 1.62. The first kappa shape index (κ1) is 21.0. The number of primary sulfonamides is 1. The van der Waals surface area contributed by atoms with Crippen LogP contribution in [0.1, 0.15) is 31.0 Å². The standard InChI is InChI=1S/C25H26N2O4S/c1-25(2)20-14-17(16-8-11-18(12-9-16)32(26,28)29)10-13-22(20)27(30-3)24-19-6-4-5-7-23(19)31-15-21(24)25/h4-14,21,24H,15H2,1-3H3,(H2,26,28,29)/t21-,24-/m1/s1. The Hall–Kier alpha value is -2.87. The number of hydrogen-bond acceptors (Lipinski definition) is 5. The summed E-state index contributed by atoms with van der Waals surface area (Å²) in [6.45, 7) is 5.10. The number of nitrogens with two attached hydrogens (primary N) is 1. The van der Waals surface area contributed by atoms with Gasteiger partial charge in [-0.15, -0.1) is 0 Å². The molecular weight excluding hydrogens is 424 g/mol. The predicted octanol–water partition coefficient (Wildman–Crippen LogP) is 4.41. The van der Waals surface area contributed by atoms with Crippen molar-refractivity contribution in [3.63, 3.8) is 0 Å². The van der Waals surface area contributed by atoms with E-state index in [-0.39, 0.29) is 22.3 Å². The Morgan fingerprint density at radius 1 is 1.03 bits per heavy atom. The average Bonchev–Trinajstić information content (AvgIpc) is 2.78. The second kappa shape index (κ2) is 7.33. The van der Waals surface area contributed by atoms with Crippen molar-refractivity contribution in [1.82, 2.24) is 0 Å². The van der Waals surface area contributed by atoms with Gasteiger partial charge in [-0.3, -0.25) is 4.84 Å². The molecule has 0 saturated carbocycles. The SMILES string of the molecule is CON1c2ccc(-c3ccc(S(N)(=O)=O)cc3)cc2C(C)(C)[C@@H]2COc3ccccc3[C@H]21. The summed E-state index contributed by atoms with van der Waals surface area (Å²) in [6, 6.07) is 21.1. The first-order valence-electron chi connectivity index (χ1n) is 10.5. The fourth-order valence-electron chi connectivity index (χ4n) is 5.06. The molecule has 2 atom stereocenters. The summed E-state index contributed by atoms with van der Waals surface area (Å²) in [5.74, 6) is 1.09. The van der Waals surface area contributed by atoms with E-state index in [4.69, 9.17) is 14.7 Å². The Morgan fingerprint density at radius 2 is 1.72 bits per heavy atom. The first-order valence-corrected chi connectivity index (χ1v) is 12.1. The number of sulfonamides is 1. The highest BCUT2D eigenvalue weighted by Gasteiger charge is 2.50. The monoisotopic (exact) mass is 450 g/mol. The quantitative estimate of drug-likeness (QED) is 0.639. The van der Waals surface area contributed by atoms with Crippen LogP contribution < -0.4 is 14.9 Å². The molecule has 0 aliphatic carbocycles. The van der Waals surface area contributed by atoms with Crippen LogP contribution in [-0.2, 0) is 20.3 Å². The topological polar surface area (TPSA) is 81.9 Å². The fraction of sp³-hybridized carbons (Fsp3) is 0.280. The van der Waals surface area contributed by atoms with E-state index in [1.54, 1.807) is 31.4 Å². The lowest BCUT2D eigenvalue weighted by Gasteiger charge is -2.52. The molecule has 2 aliphatic heterocycles. The van der Waals surface area contributed by atoms with Gasteiger partial charge >= 0.3 is 0 Å². The number of anilines is 1. The molecule has 0 saturated heterocycles. The van der Waals surface area contributed by atoms with E-state index in [2.05, 4.69) is 32.0 Å². The number of nitrogens with zero attached hydrogens (tertiary/aromatic N) is 1. The lowest BCUT2D eigenvalue weighted by Crippen LogP contribution is -2.51. The van der Waals surface area contributed by atoms with Gasteiger partial charge in [0.25, 0.3) is 0 Å². The van der Waals surface area contributed by atoms with Crippen LogP contribution in [-0.4, -0.2) is 22.1 Å². The number of benzene rings is 3. The number of fused-ring (bicyclic) bond motifs is 4. The van der Waals surface area contributed by atoms with Crippen LogP contribution >= 0.6 is 0 Å². The van der Waals surface area contributed by atoms with Gasteiger partial charge in [0, 0.05) is 16.9 Å². The van der Waals surface area contributed by atoms with E-state index in [0.29, 0.717) is 6.61 Å². The van der Waals surface area contributed by atoms with Crippen molar-refractivity contribution in [2.45, 2.75) is 30.2 Å². The largest absolute Gasteiger partial charge is 0.493 e. The van der Waals surface area contributed by atoms with E-state index in [1.807, 2.05) is 29.3 Å². The Labute approximate surface area is 188 Å². The maximum Gasteiger partial charge on any atom is 0.238 e. The molecule has 0 unspecified atom stereocenters. The van der Waals surface area contributed by atoms with Gasteiger partial charge in [0.15, 0.2) is 0 Å². The molecule has 3 aromatic rings. The number of para-hydroxylation sites is 1. The molecule has 6 nitrogen and oxygen atoms in total. The molecule has 166 valence electrons. The van der Waals surface area contributed by atoms with Gasteiger partial charge in [-0.2, -0.15) is 0 Å². The number of rotatable bonds is 3. The average molecular weight is 451 g/mol. The van der Waals surface area contributed by atoms with Crippen LogP contribution in [0.5, 0.6) is 5.75 Å². The number of hydroxylamine groups is 1. The van der Waals surface area contributed by atoms with Crippen LogP contribution in [0.15, 0.2) is 71.6 Å². The lowest BCUT2D eigenvalue weighted by molar-refractivity contribution is 0.0442. The Bertz CT molecular complexity index is 1290. The molecule has 7 heteroatoms. The van der Waals surface area contributed by atoms with Crippen LogP contribution in [0.3, 0.4) is 0 Å². The van der Waals surface area contributed by atoms with E-state index in [1.165, 1.54) is 0 Å². The molecule has 3 aromatic carbocycles. The van der Waals surface area contributed by atoms with Crippen molar-refractivity contribution >= 4 is 15.7 Å². The van der Waals surface area contributed by atoms with Crippen molar-refractivity contribution in [3.8, 4) is 16.9 Å². The fourth-order valence-corrected chi connectivity index (χ4v) is 5.57. The van der Waals surface area contributed by atoms with E-state index < -0.39 is 10.0 Å². The zero-order valence-corrected chi connectivity index (χ0v) is 19.1. The predicted molar refractivity (Wildman–Crippen MR) is 124 cm³/mol. The van der Waals surface area contributed by atoms with Gasteiger partial charge in [0.2, 0.25) is 10.0 Å². The van der Waals surface area contributed by atoms with E-state index in [9.17, 15) is 8.42 Å². The van der Waals surface area contributed by atoms with Crippen LogP contribution in [0.25, 0.3) is 11.1 Å². The summed E-state index contributed by atoms with van der Waals surface area (Å²) in [5.41, 5.74) is 5.07. The first-order chi connectivity index (χ1) is 15.2. The summed E-state index contributed by atoms with van der Waals surface area (Å²) >= 11 is 0. The molecule has 0 bridgehead atoms. The highest BCUT2D eigenvalue weighted by Crippen LogP contribution is 2.55. The molecule has 32 heavy (non-hydrogen) atoms. The smallest absolute Gasteiger partial charge is 0.238 e. The minimum absolute atomic E-state index is 0.0485. The minimum Gasteiger partial charge on any atom is -0.493 e. The highest BCUT2D eigenvalue weighted by atomic mass is 32.2. The van der Waals surface area contributed by atoms with Crippen molar-refractivity contribution in [1.29, 1.82) is 0 Å². The van der Waals surface area contributed by atoms with Crippen LogP contribution in [0.4, 0.5) is 5.69 Å². The summed E-state index contributed by atoms with van der Waals surface area (Å²) in [7, 11) is -2.01. The van der Waals surface area contributed by atoms with Crippen molar-refractivity contribution in [3.05, 3.63) is 77.9 Å². The molecule has 0 amide bonds. The van der Waals surface area contributed by atoms with Gasteiger partial charge in [-0.25, -0.2) is 18.6 Å². The van der Waals surface area contributed by atoms with E-state index >= 15 is 0 Å². The van der Waals surface area contributed by atoms with Crippen molar-refractivity contribution < 1.29 is 18.0 Å². The summed E-state index contributed by atoms with van der Waals surface area (Å²) in [4.78, 5) is 6.04. The van der Waals surface area contributed by atoms with Crippen LogP contribution in [0.2, 0.25) is 0 Å². The van der Waals surface area contributed by atoms with Gasteiger partial charge in [-0.1, -0.05) is 50.2 Å². The van der Waals surface area contributed by atoms with E-state index in [0.717, 1.165) is 33.7 Å². The molecule has 5 rings (SSSR count). The molecule has 2 N–H and O–H groups in total. The number of ether oxygens (including phenoxy) is 1. The molecule has 0 fully saturated rings. The summed E-state index contributed by atoms with van der Waals surface area (Å²) < 4.78 is 29.3. The Kier molecular flexibility index (Phi) is 4.81. The summed E-state index contributed by atoms with van der Waals surface area (Å²) in [5, 5.41) is 7.24. The molecular formula is C25H26N2O4S. The zero-order chi connectivity index (χ0) is 22.7. The molecule has 2 aliphatic rings. The second-order valence-electron chi connectivity index (χ2n) is 8.93. The molecule has 2 heterocycles. The van der Waals surface area contributed by atoms with Crippen molar-refractivity contribution in [2.24, 2.45) is 11.1 Å². The number of hydrogen-bond donors (Lipinski definition) is 1. The van der Waals surface area contributed by atoms with Crippen LogP contribution in [0, 0.1) is 5.92 Å². The normalized spacial score (nSPS) is 21.2. The van der Waals surface area contributed by atoms with Crippen molar-refractivity contribution in [2.75, 3.05) is 18.8 Å². The van der Waals surface area contributed by atoms with Gasteiger partial charge in [-0.05, 0) is 47.0 Å². The van der Waals surface area contributed by atoms with Gasteiger partial charge in [0.05, 0.1) is 30.3 Å². The highest BCUT2D eigenvalue weighted by molar-refractivity contribution is 7.89. The molecule has 0 radical (unpaired) electrons. The summed E-state index contributed by atoms with van der Waals surface area (Å²) in [6.07, 6.45) is 0. The van der Waals surface area contributed by atoms with Gasteiger partial charge in [0.1, 0.15) is 5.75 Å². The third-order valence-corrected chi connectivity index (χ3v) is 7.79. The lowest BCUT2D eigenvalue weighted by atomic mass is 9.65. The Morgan fingerprint density at radius 3 is 2.41 bits per heavy atom.